The van der Waals surface area contributed by atoms with Gasteiger partial charge in [-0.25, -0.2) is 9.59 Å². The van der Waals surface area contributed by atoms with Gasteiger partial charge >= 0.3 is 11.9 Å². The molecule has 1 aromatic heterocycles. The molecular formula is C31H46O6SSi. The third-order valence-electron chi connectivity index (χ3n) is 7.95. The van der Waals surface area contributed by atoms with E-state index in [4.69, 9.17) is 18.6 Å². The molecule has 0 atom stereocenters. The molecule has 39 heavy (non-hydrogen) atoms. The molecule has 0 saturated heterocycles. The second-order valence-corrected chi connectivity index (χ2v) is 15.6. The summed E-state index contributed by atoms with van der Waals surface area (Å²) in [6.07, 6.45) is 6.45. The van der Waals surface area contributed by atoms with Crippen LogP contribution in [0.2, 0.25) is 18.1 Å². The lowest BCUT2D eigenvalue weighted by Crippen LogP contribution is -2.46. The fraction of sp³-hybridized carbons (Fsp3) is 0.548. The highest BCUT2D eigenvalue weighted by molar-refractivity contribution is 7.11. The minimum absolute atomic E-state index is 0.0358. The smallest absolute Gasteiger partial charge is 0.338 e. The van der Waals surface area contributed by atoms with E-state index >= 15 is 0 Å². The molecule has 2 aromatic rings. The quantitative estimate of drug-likeness (QED) is 0.148. The number of allylic oxidation sites excluding steroid dienone is 2. The Hall–Kier alpha value is -2.42. The van der Waals surface area contributed by atoms with Crippen molar-refractivity contribution in [3.8, 4) is 5.75 Å². The fourth-order valence-corrected chi connectivity index (χ4v) is 9.03. The van der Waals surface area contributed by atoms with Crippen LogP contribution in [0.15, 0.2) is 35.7 Å². The molecule has 0 spiro atoms. The zero-order valence-corrected chi connectivity index (χ0v) is 26.8. The van der Waals surface area contributed by atoms with E-state index in [0.717, 1.165) is 31.2 Å². The third-order valence-corrected chi connectivity index (χ3v) is 13.8. The van der Waals surface area contributed by atoms with Gasteiger partial charge in [0.1, 0.15) is 12.4 Å². The number of carbonyl (C=O) groups excluding carboxylic acids is 2. The van der Waals surface area contributed by atoms with Crippen LogP contribution < -0.4 is 4.74 Å². The van der Waals surface area contributed by atoms with Crippen LogP contribution in [0, 0.1) is 0 Å². The van der Waals surface area contributed by atoms with Gasteiger partial charge in [-0.2, -0.15) is 0 Å². The summed E-state index contributed by atoms with van der Waals surface area (Å²) in [5.74, 6) is -0.743. The van der Waals surface area contributed by atoms with Gasteiger partial charge in [-0.1, -0.05) is 40.7 Å². The van der Waals surface area contributed by atoms with Crippen molar-refractivity contribution in [1.82, 2.24) is 0 Å². The highest BCUT2D eigenvalue weighted by Gasteiger charge is 2.38. The first-order valence-corrected chi connectivity index (χ1v) is 17.4. The average Bonchev–Trinajstić information content (AvgIpc) is 3.46. The van der Waals surface area contributed by atoms with Crippen molar-refractivity contribution in [1.29, 1.82) is 0 Å². The second-order valence-electron chi connectivity index (χ2n) is 9.96. The number of carbonyl (C=O) groups is 2. The number of hydrogen-bond donors (Lipinski definition) is 0. The molecule has 0 amide bonds. The molecule has 0 aliphatic rings. The summed E-state index contributed by atoms with van der Waals surface area (Å²) >= 11 is 1.70. The third kappa shape index (κ3) is 8.53. The number of benzene rings is 1. The summed E-state index contributed by atoms with van der Waals surface area (Å²) in [5, 5.41) is 2.09. The predicted molar refractivity (Wildman–Crippen MR) is 162 cm³/mol. The van der Waals surface area contributed by atoms with E-state index in [2.05, 4.69) is 59.1 Å². The highest BCUT2D eigenvalue weighted by atomic mass is 32.1. The van der Waals surface area contributed by atoms with Crippen LogP contribution >= 0.6 is 11.3 Å². The van der Waals surface area contributed by atoms with Gasteiger partial charge in [-0.15, -0.1) is 11.3 Å². The van der Waals surface area contributed by atoms with E-state index in [0.29, 0.717) is 12.4 Å². The first kappa shape index (κ1) is 32.8. The molecule has 0 bridgehead atoms. The molecule has 0 unspecified atom stereocenters. The maximum Gasteiger partial charge on any atom is 0.338 e. The van der Waals surface area contributed by atoms with Crippen LogP contribution in [0.5, 0.6) is 5.75 Å². The second kappa shape index (κ2) is 15.4. The summed E-state index contributed by atoms with van der Waals surface area (Å²) in [4.78, 5) is 25.4. The topological polar surface area (TPSA) is 71.1 Å². The van der Waals surface area contributed by atoms with Crippen LogP contribution in [-0.2, 0) is 20.5 Å². The van der Waals surface area contributed by atoms with Crippen LogP contribution in [0.1, 0.15) is 98.4 Å². The summed E-state index contributed by atoms with van der Waals surface area (Å²) in [6, 6.07) is 10.4. The lowest BCUT2D eigenvalue weighted by molar-refractivity contribution is 0.0397. The first-order chi connectivity index (χ1) is 18.7. The van der Waals surface area contributed by atoms with Gasteiger partial charge in [0.05, 0.1) is 30.9 Å². The number of methoxy groups -OCH3 is 2. The van der Waals surface area contributed by atoms with Gasteiger partial charge in [0.2, 0.25) is 0 Å². The van der Waals surface area contributed by atoms with E-state index in [1.807, 2.05) is 0 Å². The van der Waals surface area contributed by atoms with Gasteiger partial charge in [0.15, 0.2) is 8.32 Å². The summed E-state index contributed by atoms with van der Waals surface area (Å²) < 4.78 is 22.6. The van der Waals surface area contributed by atoms with Crippen molar-refractivity contribution in [2.24, 2.45) is 0 Å². The maximum absolute atomic E-state index is 12.2. The predicted octanol–water partition coefficient (Wildman–Crippen LogP) is 8.66. The Labute approximate surface area is 239 Å². The Kier molecular flexibility index (Phi) is 12.9. The van der Waals surface area contributed by atoms with Gasteiger partial charge in [-0.3, -0.25) is 0 Å². The summed E-state index contributed by atoms with van der Waals surface area (Å²) in [6.45, 7) is 13.9. The normalized spacial score (nSPS) is 12.4. The van der Waals surface area contributed by atoms with Crippen molar-refractivity contribution in [3.63, 3.8) is 0 Å². The molecular weight excluding hydrogens is 528 g/mol. The highest BCUT2D eigenvalue weighted by Crippen LogP contribution is 2.36. The first-order valence-electron chi connectivity index (χ1n) is 14.0. The molecule has 0 aliphatic carbocycles. The lowest BCUT2D eigenvalue weighted by Gasteiger charge is -2.42. The zero-order chi connectivity index (χ0) is 29.1. The molecule has 1 heterocycles. The molecule has 216 valence electrons. The Bertz CT molecular complexity index is 1110. The van der Waals surface area contributed by atoms with Crippen LogP contribution in [0.25, 0.3) is 5.57 Å². The SMILES string of the molecule is CCC(CC)(CC/C=C(\C)c1cc(COc2ccc(C(=O)OC)c(C(=O)OC)c2)cs1)O[Si](CC)(CC)CC. The molecule has 0 saturated carbocycles. The van der Waals surface area contributed by atoms with E-state index < -0.39 is 20.3 Å². The van der Waals surface area contributed by atoms with E-state index in [1.165, 1.54) is 54.9 Å². The number of ether oxygens (including phenoxy) is 3. The van der Waals surface area contributed by atoms with Crippen molar-refractivity contribution < 1.29 is 28.2 Å². The zero-order valence-electron chi connectivity index (χ0n) is 25.0. The monoisotopic (exact) mass is 574 g/mol. The number of esters is 2. The van der Waals surface area contributed by atoms with E-state index in [-0.39, 0.29) is 16.7 Å². The van der Waals surface area contributed by atoms with Crippen molar-refractivity contribution in [3.05, 3.63) is 57.3 Å². The Morgan fingerprint density at radius 1 is 0.923 bits per heavy atom. The van der Waals surface area contributed by atoms with Crippen molar-refractivity contribution in [2.75, 3.05) is 14.2 Å². The maximum atomic E-state index is 12.2. The summed E-state index contributed by atoms with van der Waals surface area (Å²) in [5.41, 5.74) is 2.52. The molecule has 0 aliphatic heterocycles. The van der Waals surface area contributed by atoms with E-state index in [1.54, 1.807) is 17.4 Å². The molecule has 1 aromatic carbocycles. The average molecular weight is 575 g/mol. The standard InChI is InChI=1S/C31H46O6SSi/c1-9-31(10-2,37-39(11-3,12-4)13-5)18-14-15-23(6)28-19-24(22-38-28)21-36-25-16-17-26(29(32)34-7)27(20-25)30(33)35-8/h15-17,19-20,22H,9-14,18,21H2,1-8H3/b23-15+. The number of hydrogen-bond acceptors (Lipinski definition) is 7. The van der Waals surface area contributed by atoms with Crippen LogP contribution in [0.3, 0.4) is 0 Å². The van der Waals surface area contributed by atoms with Gasteiger partial charge < -0.3 is 18.6 Å². The number of rotatable bonds is 16. The van der Waals surface area contributed by atoms with Crippen molar-refractivity contribution >= 4 is 37.2 Å². The molecule has 0 N–H and O–H groups in total. The van der Waals surface area contributed by atoms with Gasteiger partial charge in [0.25, 0.3) is 0 Å². The van der Waals surface area contributed by atoms with Crippen LogP contribution in [0.4, 0.5) is 0 Å². The van der Waals surface area contributed by atoms with Gasteiger partial charge in [0, 0.05) is 10.4 Å². The van der Waals surface area contributed by atoms with E-state index in [9.17, 15) is 9.59 Å². The Morgan fingerprint density at radius 2 is 1.54 bits per heavy atom. The molecule has 0 fully saturated rings. The van der Waals surface area contributed by atoms with Gasteiger partial charge in [-0.05, 0) is 86.0 Å². The largest absolute Gasteiger partial charge is 0.489 e. The Morgan fingerprint density at radius 3 is 2.10 bits per heavy atom. The minimum atomic E-state index is -1.67. The molecule has 6 nitrogen and oxygen atoms in total. The van der Waals surface area contributed by atoms with Crippen molar-refractivity contribution in [2.45, 2.75) is 97.6 Å². The molecule has 8 heteroatoms. The molecule has 2 rings (SSSR count). The molecule has 0 radical (unpaired) electrons. The summed E-state index contributed by atoms with van der Waals surface area (Å²) in [7, 11) is 0.869. The minimum Gasteiger partial charge on any atom is -0.489 e. The number of thiophene rings is 1. The lowest BCUT2D eigenvalue weighted by atomic mass is 9.91. The van der Waals surface area contributed by atoms with Crippen LogP contribution in [-0.4, -0.2) is 40.1 Å². The Balaban J connectivity index is 2.07. The fourth-order valence-electron chi connectivity index (χ4n) is 4.88.